The Morgan fingerprint density at radius 1 is 1.12 bits per heavy atom. The first-order chi connectivity index (χ1) is 11.4. The number of nitrogens with one attached hydrogen (secondary N) is 1. The van der Waals surface area contributed by atoms with Crippen LogP contribution in [0.25, 0.3) is 0 Å². The first-order valence-corrected chi connectivity index (χ1v) is 8.56. The number of alkyl halides is 3. The Morgan fingerprint density at radius 3 is 2.33 bits per heavy atom. The van der Waals surface area contributed by atoms with E-state index in [0.29, 0.717) is 6.54 Å². The first-order valence-electron chi connectivity index (χ1n) is 8.56. The van der Waals surface area contributed by atoms with Crippen molar-refractivity contribution in [2.45, 2.75) is 38.4 Å². The minimum absolute atomic E-state index is 0.0356. The maximum absolute atomic E-state index is 12.9. The highest BCUT2D eigenvalue weighted by molar-refractivity contribution is 5.80. The summed E-state index contributed by atoms with van der Waals surface area (Å²) in [4.78, 5) is 14.8. The Kier molecular flexibility index (Phi) is 4.85. The lowest BCUT2D eigenvalue weighted by molar-refractivity contribution is -0.138. The number of likely N-dealkylation sites (tertiary alicyclic amines) is 1. The van der Waals surface area contributed by atoms with Crippen LogP contribution in [0.5, 0.6) is 0 Å². The summed E-state index contributed by atoms with van der Waals surface area (Å²) in [5.41, 5.74) is 0.156. The number of carbonyl (C=O) groups excluding carboxylic acids is 1. The molecule has 2 saturated heterocycles. The highest BCUT2D eigenvalue weighted by atomic mass is 19.4. The highest BCUT2D eigenvalue weighted by Crippen LogP contribution is 2.39. The lowest BCUT2D eigenvalue weighted by Crippen LogP contribution is -2.41. The van der Waals surface area contributed by atoms with E-state index in [1.807, 2.05) is 4.90 Å². The van der Waals surface area contributed by atoms with Crippen molar-refractivity contribution in [3.05, 3.63) is 35.4 Å². The van der Waals surface area contributed by atoms with Gasteiger partial charge in [0, 0.05) is 12.5 Å². The predicted molar refractivity (Wildman–Crippen MR) is 85.3 cm³/mol. The summed E-state index contributed by atoms with van der Waals surface area (Å²) in [5.74, 6) is 0.451. The molecule has 2 aliphatic heterocycles. The molecule has 1 amide bonds. The molecule has 3 nitrogen and oxygen atoms in total. The van der Waals surface area contributed by atoms with E-state index in [4.69, 9.17) is 0 Å². The molecule has 2 aliphatic rings. The molecule has 0 spiro atoms. The summed E-state index contributed by atoms with van der Waals surface area (Å²) >= 11 is 0. The van der Waals surface area contributed by atoms with Crippen LogP contribution in [0.3, 0.4) is 0 Å². The maximum atomic E-state index is 12.9. The van der Waals surface area contributed by atoms with E-state index in [1.54, 1.807) is 0 Å². The monoisotopic (exact) mass is 340 g/mol. The lowest BCUT2D eigenvalue weighted by Gasteiger charge is -2.32. The van der Waals surface area contributed by atoms with Gasteiger partial charge in [-0.05, 0) is 56.0 Å². The van der Waals surface area contributed by atoms with Gasteiger partial charge in [0.05, 0.1) is 11.6 Å². The molecule has 2 heterocycles. The van der Waals surface area contributed by atoms with Gasteiger partial charge in [0.1, 0.15) is 0 Å². The molecule has 0 bridgehead atoms. The largest absolute Gasteiger partial charge is 0.416 e. The second kappa shape index (κ2) is 6.75. The van der Waals surface area contributed by atoms with E-state index < -0.39 is 11.7 Å². The van der Waals surface area contributed by atoms with Crippen LogP contribution in [0.1, 0.15) is 43.4 Å². The van der Waals surface area contributed by atoms with Crippen molar-refractivity contribution >= 4 is 5.91 Å². The van der Waals surface area contributed by atoms with Crippen LogP contribution in [0, 0.1) is 11.8 Å². The number of benzene rings is 1. The van der Waals surface area contributed by atoms with Crippen molar-refractivity contribution in [1.29, 1.82) is 0 Å². The zero-order valence-electron chi connectivity index (χ0n) is 13.8. The van der Waals surface area contributed by atoms with Crippen LogP contribution in [0.2, 0.25) is 0 Å². The van der Waals surface area contributed by atoms with Crippen molar-refractivity contribution in [3.63, 3.8) is 0 Å². The molecule has 2 fully saturated rings. The summed E-state index contributed by atoms with van der Waals surface area (Å²) in [6.45, 7) is 4.46. The lowest BCUT2D eigenvalue weighted by atomic mass is 9.92. The summed E-state index contributed by atoms with van der Waals surface area (Å²) in [6, 6.07) is 5.17. The number of piperidine rings is 1. The van der Waals surface area contributed by atoms with Crippen molar-refractivity contribution in [2.75, 3.05) is 19.6 Å². The van der Waals surface area contributed by atoms with Crippen molar-refractivity contribution in [2.24, 2.45) is 11.8 Å². The third kappa shape index (κ3) is 3.43. The molecule has 2 atom stereocenters. The van der Waals surface area contributed by atoms with Gasteiger partial charge in [0.15, 0.2) is 0 Å². The summed E-state index contributed by atoms with van der Waals surface area (Å²) in [6.07, 6.45) is -1.76. The molecular formula is C18H23F3N2O. The molecule has 0 saturated carbocycles. The average Bonchev–Trinajstić information content (AvgIpc) is 2.96. The topological polar surface area (TPSA) is 32.3 Å². The summed E-state index contributed by atoms with van der Waals surface area (Å²) < 4.78 is 38.3. The zero-order valence-corrected chi connectivity index (χ0v) is 13.8. The van der Waals surface area contributed by atoms with Crippen LogP contribution in [0.15, 0.2) is 24.3 Å². The van der Waals surface area contributed by atoms with Gasteiger partial charge in [0.25, 0.3) is 0 Å². The summed E-state index contributed by atoms with van der Waals surface area (Å²) in [5, 5.41) is 3.25. The second-order valence-electron chi connectivity index (χ2n) is 6.89. The highest BCUT2D eigenvalue weighted by Gasteiger charge is 2.39. The molecule has 1 aromatic carbocycles. The SMILES string of the molecule is CC1CCN(C(=O)C2CCNCC2)C1c1ccc(C(F)(F)F)cc1. The fourth-order valence-electron chi connectivity index (χ4n) is 3.88. The van der Waals surface area contributed by atoms with E-state index in [-0.39, 0.29) is 23.8 Å². The predicted octanol–water partition coefficient (Wildman–Crippen LogP) is 3.61. The van der Waals surface area contributed by atoms with Crippen LogP contribution < -0.4 is 5.32 Å². The van der Waals surface area contributed by atoms with E-state index in [0.717, 1.165) is 50.0 Å². The standard InChI is InChI=1S/C18H23F3N2O/c1-12-8-11-23(17(24)14-6-9-22-10-7-14)16(12)13-2-4-15(5-3-13)18(19,20)21/h2-5,12,14,16,22H,6-11H2,1H3. The van der Waals surface area contributed by atoms with Gasteiger partial charge in [-0.25, -0.2) is 0 Å². The first kappa shape index (κ1) is 17.3. The molecule has 0 aromatic heterocycles. The quantitative estimate of drug-likeness (QED) is 0.892. The normalized spacial score (nSPS) is 25.9. The smallest absolute Gasteiger partial charge is 0.335 e. The molecule has 0 radical (unpaired) electrons. The van der Waals surface area contributed by atoms with Gasteiger partial charge in [-0.2, -0.15) is 13.2 Å². The average molecular weight is 340 g/mol. The number of hydrogen-bond acceptors (Lipinski definition) is 2. The fourth-order valence-corrected chi connectivity index (χ4v) is 3.88. The van der Waals surface area contributed by atoms with Gasteiger partial charge in [0.2, 0.25) is 5.91 Å². The van der Waals surface area contributed by atoms with Gasteiger partial charge in [-0.3, -0.25) is 4.79 Å². The Bertz CT molecular complexity index is 579. The van der Waals surface area contributed by atoms with Crippen molar-refractivity contribution < 1.29 is 18.0 Å². The molecule has 24 heavy (non-hydrogen) atoms. The molecule has 132 valence electrons. The van der Waals surface area contributed by atoms with Crippen LogP contribution in [-0.4, -0.2) is 30.4 Å². The minimum Gasteiger partial charge on any atom is -0.335 e. The van der Waals surface area contributed by atoms with Crippen LogP contribution in [0.4, 0.5) is 13.2 Å². The van der Waals surface area contributed by atoms with E-state index in [9.17, 15) is 18.0 Å². The Balaban J connectivity index is 1.80. The number of hydrogen-bond donors (Lipinski definition) is 1. The number of amides is 1. The molecule has 2 unspecified atom stereocenters. The van der Waals surface area contributed by atoms with Gasteiger partial charge >= 0.3 is 6.18 Å². The summed E-state index contributed by atoms with van der Waals surface area (Å²) in [7, 11) is 0. The minimum atomic E-state index is -4.33. The fraction of sp³-hybridized carbons (Fsp3) is 0.611. The molecule has 0 aliphatic carbocycles. The molecule has 6 heteroatoms. The molecule has 3 rings (SSSR count). The van der Waals surface area contributed by atoms with Gasteiger partial charge in [-0.1, -0.05) is 19.1 Å². The maximum Gasteiger partial charge on any atom is 0.416 e. The van der Waals surface area contributed by atoms with Crippen LogP contribution >= 0.6 is 0 Å². The van der Waals surface area contributed by atoms with Crippen molar-refractivity contribution in [1.82, 2.24) is 10.2 Å². The zero-order chi connectivity index (χ0) is 17.3. The van der Waals surface area contributed by atoms with E-state index in [2.05, 4.69) is 12.2 Å². The number of halogens is 3. The Labute approximate surface area is 140 Å². The number of nitrogens with zero attached hydrogens (tertiary/aromatic N) is 1. The van der Waals surface area contributed by atoms with Gasteiger partial charge < -0.3 is 10.2 Å². The second-order valence-corrected chi connectivity index (χ2v) is 6.89. The Hall–Kier alpha value is -1.56. The third-order valence-corrected chi connectivity index (χ3v) is 5.25. The third-order valence-electron chi connectivity index (χ3n) is 5.25. The van der Waals surface area contributed by atoms with Crippen LogP contribution in [-0.2, 0) is 11.0 Å². The van der Waals surface area contributed by atoms with E-state index >= 15 is 0 Å². The molecular weight excluding hydrogens is 317 g/mol. The van der Waals surface area contributed by atoms with E-state index in [1.165, 1.54) is 12.1 Å². The molecule has 1 N–H and O–H groups in total. The Morgan fingerprint density at radius 2 is 1.75 bits per heavy atom. The number of carbonyl (C=O) groups is 1. The number of rotatable bonds is 2. The van der Waals surface area contributed by atoms with Crippen molar-refractivity contribution in [3.8, 4) is 0 Å². The van der Waals surface area contributed by atoms with Gasteiger partial charge in [-0.15, -0.1) is 0 Å². The molecule has 1 aromatic rings.